The maximum atomic E-state index is 12.2. The van der Waals surface area contributed by atoms with Gasteiger partial charge in [0.25, 0.3) is 5.91 Å². The van der Waals surface area contributed by atoms with Gasteiger partial charge in [-0.05, 0) is 36.1 Å². The van der Waals surface area contributed by atoms with Crippen molar-refractivity contribution in [1.29, 1.82) is 0 Å². The van der Waals surface area contributed by atoms with Gasteiger partial charge in [0.1, 0.15) is 5.75 Å². The van der Waals surface area contributed by atoms with Gasteiger partial charge in [0, 0.05) is 11.8 Å². The van der Waals surface area contributed by atoms with Crippen molar-refractivity contribution in [2.24, 2.45) is 0 Å². The lowest BCUT2D eigenvalue weighted by Gasteiger charge is -2.15. The second kappa shape index (κ2) is 7.25. The first-order valence-electron chi connectivity index (χ1n) is 8.08. The number of hydrogen-bond donors (Lipinski definition) is 1. The molecule has 24 heavy (non-hydrogen) atoms. The highest BCUT2D eigenvalue weighted by Crippen LogP contribution is 2.35. The third-order valence-corrected chi connectivity index (χ3v) is 4.09. The quantitative estimate of drug-likeness (QED) is 0.873. The Morgan fingerprint density at radius 2 is 2.00 bits per heavy atom. The molecule has 0 aliphatic carbocycles. The lowest BCUT2D eigenvalue weighted by molar-refractivity contribution is -0.118. The van der Waals surface area contributed by atoms with Crippen LogP contribution in [0.1, 0.15) is 31.7 Å². The van der Waals surface area contributed by atoms with Crippen LogP contribution in [0.4, 0.5) is 5.69 Å². The molecule has 5 nitrogen and oxygen atoms in total. The normalized spacial score (nSPS) is 13.4. The van der Waals surface area contributed by atoms with E-state index in [1.165, 1.54) is 0 Å². The summed E-state index contributed by atoms with van der Waals surface area (Å²) in [7, 11) is 0. The number of nitrogens with one attached hydrogen (secondary N) is 1. The molecule has 1 aliphatic rings. The first-order chi connectivity index (χ1) is 11.7. The average molecular weight is 327 g/mol. The van der Waals surface area contributed by atoms with E-state index < -0.39 is 0 Å². The van der Waals surface area contributed by atoms with Crippen LogP contribution in [0.25, 0.3) is 0 Å². The van der Waals surface area contributed by atoms with Gasteiger partial charge in [-0.25, -0.2) is 0 Å². The molecule has 2 aromatic carbocycles. The first kappa shape index (κ1) is 16.2. The Morgan fingerprint density at radius 3 is 2.83 bits per heavy atom. The second-order valence-electron chi connectivity index (χ2n) is 5.75. The van der Waals surface area contributed by atoms with Crippen molar-refractivity contribution < 1.29 is 19.0 Å². The molecule has 0 saturated carbocycles. The van der Waals surface area contributed by atoms with Crippen LogP contribution >= 0.6 is 0 Å². The van der Waals surface area contributed by atoms with E-state index in [0.717, 1.165) is 17.7 Å². The minimum Gasteiger partial charge on any atom is -0.484 e. The summed E-state index contributed by atoms with van der Waals surface area (Å²) >= 11 is 0. The molecule has 1 atom stereocenters. The van der Waals surface area contributed by atoms with Crippen LogP contribution in [0.2, 0.25) is 0 Å². The number of carbonyl (C=O) groups is 1. The lowest BCUT2D eigenvalue weighted by Crippen LogP contribution is -2.21. The molecule has 0 saturated heterocycles. The highest BCUT2D eigenvalue weighted by molar-refractivity contribution is 5.92. The second-order valence-corrected chi connectivity index (χ2v) is 5.75. The largest absolute Gasteiger partial charge is 0.484 e. The van der Waals surface area contributed by atoms with E-state index in [1.807, 2.05) is 24.3 Å². The Labute approximate surface area is 141 Å². The standard InChI is InChI=1S/C19H21NO4/c1-3-13(2)15-6-4-5-7-16(15)20-19(21)11-22-14-8-9-17-18(10-14)24-12-23-17/h4-10,13H,3,11-12H2,1-2H3,(H,20,21)/t13-/m1/s1. The Morgan fingerprint density at radius 1 is 1.21 bits per heavy atom. The van der Waals surface area contributed by atoms with Gasteiger partial charge >= 0.3 is 0 Å². The highest BCUT2D eigenvalue weighted by Gasteiger charge is 2.15. The Bertz CT molecular complexity index is 729. The number of para-hydroxylation sites is 1. The average Bonchev–Trinajstić information content (AvgIpc) is 3.07. The Balaban J connectivity index is 1.60. The molecular formula is C19H21NO4. The number of fused-ring (bicyclic) bond motifs is 1. The summed E-state index contributed by atoms with van der Waals surface area (Å²) in [6.45, 7) is 4.43. The molecule has 1 heterocycles. The third-order valence-electron chi connectivity index (χ3n) is 4.09. The van der Waals surface area contributed by atoms with E-state index in [-0.39, 0.29) is 19.3 Å². The maximum Gasteiger partial charge on any atom is 0.262 e. The van der Waals surface area contributed by atoms with Crippen molar-refractivity contribution in [3.63, 3.8) is 0 Å². The zero-order valence-corrected chi connectivity index (χ0v) is 13.9. The van der Waals surface area contributed by atoms with Crippen molar-refractivity contribution in [2.75, 3.05) is 18.7 Å². The van der Waals surface area contributed by atoms with Crippen molar-refractivity contribution in [3.05, 3.63) is 48.0 Å². The molecule has 3 rings (SSSR count). The van der Waals surface area contributed by atoms with Gasteiger partial charge in [0.2, 0.25) is 6.79 Å². The molecule has 0 fully saturated rings. The van der Waals surface area contributed by atoms with Crippen LogP contribution in [-0.2, 0) is 4.79 Å². The SMILES string of the molecule is CC[C@@H](C)c1ccccc1NC(=O)COc1ccc2c(c1)OCO2. The summed E-state index contributed by atoms with van der Waals surface area (Å²) < 4.78 is 16.1. The molecule has 2 aromatic rings. The van der Waals surface area contributed by atoms with E-state index in [4.69, 9.17) is 14.2 Å². The van der Waals surface area contributed by atoms with Crippen LogP contribution < -0.4 is 19.5 Å². The fraction of sp³-hybridized carbons (Fsp3) is 0.316. The van der Waals surface area contributed by atoms with Gasteiger partial charge < -0.3 is 19.5 Å². The van der Waals surface area contributed by atoms with E-state index >= 15 is 0 Å². The summed E-state index contributed by atoms with van der Waals surface area (Å²) in [5.41, 5.74) is 1.97. The monoisotopic (exact) mass is 327 g/mol. The Kier molecular flexibility index (Phi) is 4.89. The van der Waals surface area contributed by atoms with Crippen molar-refractivity contribution >= 4 is 11.6 Å². The van der Waals surface area contributed by atoms with Crippen LogP contribution in [0.5, 0.6) is 17.2 Å². The minimum absolute atomic E-state index is 0.0610. The van der Waals surface area contributed by atoms with E-state index in [0.29, 0.717) is 23.2 Å². The molecule has 0 radical (unpaired) electrons. The van der Waals surface area contributed by atoms with Crippen LogP contribution in [-0.4, -0.2) is 19.3 Å². The summed E-state index contributed by atoms with van der Waals surface area (Å²) in [4.78, 5) is 12.2. The predicted molar refractivity (Wildman–Crippen MR) is 91.8 cm³/mol. The van der Waals surface area contributed by atoms with Gasteiger partial charge in [0.05, 0.1) is 0 Å². The number of hydrogen-bond acceptors (Lipinski definition) is 4. The summed E-state index contributed by atoms with van der Waals surface area (Å²) in [6.07, 6.45) is 1.01. The molecule has 0 bridgehead atoms. The summed E-state index contributed by atoms with van der Waals surface area (Å²) in [5.74, 6) is 2.09. The van der Waals surface area contributed by atoms with E-state index in [9.17, 15) is 4.79 Å². The van der Waals surface area contributed by atoms with Gasteiger partial charge in [0.15, 0.2) is 18.1 Å². The zero-order chi connectivity index (χ0) is 16.9. The lowest BCUT2D eigenvalue weighted by atomic mass is 9.97. The van der Waals surface area contributed by atoms with Crippen LogP contribution in [0.3, 0.4) is 0 Å². The molecule has 126 valence electrons. The third kappa shape index (κ3) is 3.62. The number of amides is 1. The zero-order valence-electron chi connectivity index (χ0n) is 13.9. The topological polar surface area (TPSA) is 56.8 Å². The summed E-state index contributed by atoms with van der Waals surface area (Å²) in [6, 6.07) is 13.1. The minimum atomic E-state index is -0.191. The number of carbonyl (C=O) groups excluding carboxylic acids is 1. The number of rotatable bonds is 6. The highest BCUT2D eigenvalue weighted by atomic mass is 16.7. The van der Waals surface area contributed by atoms with Gasteiger partial charge in [-0.2, -0.15) is 0 Å². The van der Waals surface area contributed by atoms with E-state index in [1.54, 1.807) is 18.2 Å². The smallest absolute Gasteiger partial charge is 0.262 e. The molecular weight excluding hydrogens is 306 g/mol. The first-order valence-corrected chi connectivity index (χ1v) is 8.08. The molecule has 5 heteroatoms. The Hall–Kier alpha value is -2.69. The maximum absolute atomic E-state index is 12.2. The molecule has 0 spiro atoms. The number of ether oxygens (including phenoxy) is 3. The number of anilines is 1. The molecule has 0 unspecified atom stereocenters. The molecule has 1 amide bonds. The summed E-state index contributed by atoms with van der Waals surface area (Å²) in [5, 5.41) is 2.93. The van der Waals surface area contributed by atoms with Crippen LogP contribution in [0.15, 0.2) is 42.5 Å². The van der Waals surface area contributed by atoms with Crippen molar-refractivity contribution in [3.8, 4) is 17.2 Å². The predicted octanol–water partition coefficient (Wildman–Crippen LogP) is 3.95. The van der Waals surface area contributed by atoms with Gasteiger partial charge in [-0.1, -0.05) is 32.0 Å². The molecule has 1 aliphatic heterocycles. The van der Waals surface area contributed by atoms with Crippen molar-refractivity contribution in [2.45, 2.75) is 26.2 Å². The molecule has 1 N–H and O–H groups in total. The fourth-order valence-corrected chi connectivity index (χ4v) is 2.56. The number of benzene rings is 2. The van der Waals surface area contributed by atoms with Gasteiger partial charge in [-0.3, -0.25) is 4.79 Å². The van der Waals surface area contributed by atoms with E-state index in [2.05, 4.69) is 19.2 Å². The van der Waals surface area contributed by atoms with Crippen molar-refractivity contribution in [1.82, 2.24) is 0 Å². The molecule has 0 aromatic heterocycles. The fourth-order valence-electron chi connectivity index (χ4n) is 2.56. The van der Waals surface area contributed by atoms with Crippen LogP contribution in [0, 0.1) is 0 Å². The van der Waals surface area contributed by atoms with Gasteiger partial charge in [-0.15, -0.1) is 0 Å².